The second kappa shape index (κ2) is 5.59. The second-order valence-electron chi connectivity index (χ2n) is 4.08. The standard InChI is InChI=1S/C10H18F3N/c11-10(12,13)8-14-7-3-6-9-4-1-2-5-9/h9,14H,1-8H2. The molecule has 1 aliphatic carbocycles. The van der Waals surface area contributed by atoms with Crippen LogP contribution in [0, 0.1) is 5.92 Å². The molecule has 0 aromatic carbocycles. The van der Waals surface area contributed by atoms with Gasteiger partial charge in [-0.1, -0.05) is 25.7 Å². The maximum Gasteiger partial charge on any atom is 0.401 e. The van der Waals surface area contributed by atoms with E-state index in [1.807, 2.05) is 0 Å². The molecule has 84 valence electrons. The largest absolute Gasteiger partial charge is 0.401 e. The van der Waals surface area contributed by atoms with Crippen LogP contribution in [0.2, 0.25) is 0 Å². The van der Waals surface area contributed by atoms with Crippen LogP contribution < -0.4 is 5.32 Å². The Hall–Kier alpha value is -0.250. The van der Waals surface area contributed by atoms with E-state index in [1.165, 1.54) is 25.7 Å². The first-order valence-corrected chi connectivity index (χ1v) is 5.35. The summed E-state index contributed by atoms with van der Waals surface area (Å²) in [5.41, 5.74) is 0. The minimum atomic E-state index is -4.06. The molecule has 0 heterocycles. The lowest BCUT2D eigenvalue weighted by atomic mass is 10.0. The summed E-state index contributed by atoms with van der Waals surface area (Å²) < 4.78 is 35.2. The van der Waals surface area contributed by atoms with Gasteiger partial charge in [0.2, 0.25) is 0 Å². The van der Waals surface area contributed by atoms with Crippen molar-refractivity contribution in [2.75, 3.05) is 13.1 Å². The van der Waals surface area contributed by atoms with Crippen LogP contribution in [0.4, 0.5) is 13.2 Å². The fourth-order valence-electron chi connectivity index (χ4n) is 2.04. The molecule has 14 heavy (non-hydrogen) atoms. The lowest BCUT2D eigenvalue weighted by Gasteiger charge is -2.10. The van der Waals surface area contributed by atoms with E-state index in [1.54, 1.807) is 0 Å². The quantitative estimate of drug-likeness (QED) is 0.686. The number of alkyl halides is 3. The number of nitrogens with one attached hydrogen (secondary N) is 1. The summed E-state index contributed by atoms with van der Waals surface area (Å²) in [7, 11) is 0. The minimum Gasteiger partial charge on any atom is -0.309 e. The van der Waals surface area contributed by atoms with Crippen LogP contribution >= 0.6 is 0 Å². The van der Waals surface area contributed by atoms with Crippen molar-refractivity contribution in [3.63, 3.8) is 0 Å². The van der Waals surface area contributed by atoms with Crippen molar-refractivity contribution in [3.05, 3.63) is 0 Å². The highest BCUT2D eigenvalue weighted by atomic mass is 19.4. The molecule has 0 unspecified atom stereocenters. The Bertz CT molecular complexity index is 150. The number of hydrogen-bond donors (Lipinski definition) is 1. The molecule has 1 nitrogen and oxygen atoms in total. The Morgan fingerprint density at radius 3 is 2.36 bits per heavy atom. The number of rotatable bonds is 5. The maximum atomic E-state index is 11.7. The van der Waals surface area contributed by atoms with Gasteiger partial charge >= 0.3 is 6.18 Å². The summed E-state index contributed by atoms with van der Waals surface area (Å²) in [4.78, 5) is 0. The van der Waals surface area contributed by atoms with E-state index >= 15 is 0 Å². The predicted molar refractivity (Wildman–Crippen MR) is 50.1 cm³/mol. The summed E-state index contributed by atoms with van der Waals surface area (Å²) in [6.45, 7) is -0.353. The van der Waals surface area contributed by atoms with E-state index in [-0.39, 0.29) is 0 Å². The molecule has 0 bridgehead atoms. The van der Waals surface area contributed by atoms with Crippen LogP contribution in [0.5, 0.6) is 0 Å². The minimum absolute atomic E-state index is 0.496. The van der Waals surface area contributed by atoms with E-state index in [2.05, 4.69) is 5.32 Å². The Labute approximate surface area is 83.1 Å². The van der Waals surface area contributed by atoms with Gasteiger partial charge < -0.3 is 5.32 Å². The van der Waals surface area contributed by atoms with Gasteiger partial charge in [0.1, 0.15) is 0 Å². The van der Waals surface area contributed by atoms with Gasteiger partial charge in [0.05, 0.1) is 6.54 Å². The molecule has 0 aliphatic heterocycles. The van der Waals surface area contributed by atoms with Crippen LogP contribution in [0.15, 0.2) is 0 Å². The maximum absolute atomic E-state index is 11.7. The zero-order valence-electron chi connectivity index (χ0n) is 8.37. The highest BCUT2D eigenvalue weighted by Crippen LogP contribution is 2.28. The molecule has 1 saturated carbocycles. The Balaban J connectivity index is 1.89. The third kappa shape index (κ3) is 5.47. The van der Waals surface area contributed by atoms with Crippen molar-refractivity contribution in [1.82, 2.24) is 5.32 Å². The summed E-state index contributed by atoms with van der Waals surface area (Å²) >= 11 is 0. The molecule has 0 amide bonds. The molecule has 0 radical (unpaired) electrons. The lowest BCUT2D eigenvalue weighted by molar-refractivity contribution is -0.124. The fourth-order valence-corrected chi connectivity index (χ4v) is 2.04. The molecule has 0 aromatic heterocycles. The highest BCUT2D eigenvalue weighted by molar-refractivity contribution is 4.67. The van der Waals surface area contributed by atoms with Crippen LogP contribution in [0.25, 0.3) is 0 Å². The molecule has 1 N–H and O–H groups in total. The van der Waals surface area contributed by atoms with Crippen LogP contribution in [-0.4, -0.2) is 19.3 Å². The van der Waals surface area contributed by atoms with Crippen molar-refractivity contribution in [1.29, 1.82) is 0 Å². The van der Waals surface area contributed by atoms with E-state index in [9.17, 15) is 13.2 Å². The lowest BCUT2D eigenvalue weighted by Crippen LogP contribution is -2.29. The van der Waals surface area contributed by atoms with Crippen molar-refractivity contribution < 1.29 is 13.2 Å². The molecule has 0 spiro atoms. The topological polar surface area (TPSA) is 12.0 Å². The van der Waals surface area contributed by atoms with Gasteiger partial charge in [0.25, 0.3) is 0 Å². The molecule has 1 fully saturated rings. The summed E-state index contributed by atoms with van der Waals surface area (Å²) in [5, 5.41) is 2.42. The van der Waals surface area contributed by atoms with Crippen molar-refractivity contribution >= 4 is 0 Å². The molecular weight excluding hydrogens is 191 g/mol. The zero-order chi connectivity index (χ0) is 10.4. The van der Waals surface area contributed by atoms with Crippen LogP contribution in [0.1, 0.15) is 38.5 Å². The van der Waals surface area contributed by atoms with Crippen molar-refractivity contribution in [3.8, 4) is 0 Å². The smallest absolute Gasteiger partial charge is 0.309 e. The molecule has 1 aliphatic rings. The molecular formula is C10H18F3N. The van der Waals surface area contributed by atoms with Crippen molar-refractivity contribution in [2.24, 2.45) is 5.92 Å². The number of hydrogen-bond acceptors (Lipinski definition) is 1. The average Bonchev–Trinajstić information content (AvgIpc) is 2.54. The normalized spacial score (nSPS) is 19.1. The third-order valence-electron chi connectivity index (χ3n) is 2.77. The first kappa shape index (κ1) is 11.8. The van der Waals surface area contributed by atoms with E-state index in [4.69, 9.17) is 0 Å². The third-order valence-corrected chi connectivity index (χ3v) is 2.77. The molecule has 0 atom stereocenters. The van der Waals surface area contributed by atoms with Crippen molar-refractivity contribution in [2.45, 2.75) is 44.7 Å². The van der Waals surface area contributed by atoms with E-state index in [0.29, 0.717) is 6.54 Å². The van der Waals surface area contributed by atoms with E-state index in [0.717, 1.165) is 18.8 Å². The summed E-state index contributed by atoms with van der Waals surface area (Å²) in [6.07, 6.45) is 3.07. The Morgan fingerprint density at radius 1 is 1.14 bits per heavy atom. The van der Waals surface area contributed by atoms with Crippen LogP contribution in [0.3, 0.4) is 0 Å². The van der Waals surface area contributed by atoms with Gasteiger partial charge in [-0.05, 0) is 25.3 Å². The monoisotopic (exact) mass is 209 g/mol. The highest BCUT2D eigenvalue weighted by Gasteiger charge is 2.25. The molecule has 4 heteroatoms. The molecule has 1 rings (SSSR count). The molecule has 0 saturated heterocycles. The summed E-state index contributed by atoms with van der Waals surface area (Å²) in [5.74, 6) is 0.780. The zero-order valence-corrected chi connectivity index (χ0v) is 8.37. The second-order valence-corrected chi connectivity index (χ2v) is 4.08. The first-order chi connectivity index (χ1) is 6.58. The SMILES string of the molecule is FC(F)(F)CNCCCC1CCCC1. The van der Waals surface area contributed by atoms with Gasteiger partial charge in [-0.15, -0.1) is 0 Å². The first-order valence-electron chi connectivity index (χ1n) is 5.35. The van der Waals surface area contributed by atoms with Gasteiger partial charge in [-0.25, -0.2) is 0 Å². The Morgan fingerprint density at radius 2 is 1.79 bits per heavy atom. The van der Waals surface area contributed by atoms with E-state index < -0.39 is 12.7 Å². The molecule has 0 aromatic rings. The van der Waals surface area contributed by atoms with Gasteiger partial charge in [-0.2, -0.15) is 13.2 Å². The average molecular weight is 209 g/mol. The Kier molecular flexibility index (Phi) is 4.72. The number of halogens is 3. The summed E-state index contributed by atoms with van der Waals surface area (Å²) in [6, 6.07) is 0. The fraction of sp³-hybridized carbons (Fsp3) is 1.00. The van der Waals surface area contributed by atoms with Gasteiger partial charge in [0.15, 0.2) is 0 Å². The van der Waals surface area contributed by atoms with Gasteiger partial charge in [0, 0.05) is 0 Å². The van der Waals surface area contributed by atoms with Gasteiger partial charge in [-0.3, -0.25) is 0 Å². The van der Waals surface area contributed by atoms with Crippen LogP contribution in [-0.2, 0) is 0 Å². The predicted octanol–water partition coefficient (Wildman–Crippen LogP) is 3.11.